The molecule has 4 N–H and O–H groups in total. The van der Waals surface area contributed by atoms with Crippen molar-refractivity contribution < 1.29 is 37.5 Å². The fraction of sp³-hybridized carbons (Fsp3) is 0.591. The largest absolute Gasteiger partial charge is 0.350 e. The number of carbonyl (C=O) groups is 6. The zero-order valence-electron chi connectivity index (χ0n) is 35.3. The lowest BCUT2D eigenvalue weighted by atomic mass is 9.99. The topological polar surface area (TPSA) is 157 Å². The summed E-state index contributed by atoms with van der Waals surface area (Å²) in [5.74, 6) is -2.47. The van der Waals surface area contributed by atoms with Gasteiger partial charge in [-0.25, -0.2) is 8.78 Å². The first-order valence-electron chi connectivity index (χ1n) is 21.0. The van der Waals surface area contributed by atoms with Crippen LogP contribution < -0.4 is 21.3 Å². The fourth-order valence-electron chi connectivity index (χ4n) is 7.56. The number of likely N-dealkylation sites (tertiary alicyclic amines) is 2. The van der Waals surface area contributed by atoms with Crippen LogP contribution in [-0.2, 0) is 41.7 Å². The van der Waals surface area contributed by atoms with Crippen LogP contribution in [0, 0.1) is 17.6 Å². The normalized spacial score (nSPS) is 18.0. The van der Waals surface area contributed by atoms with Gasteiger partial charge in [-0.2, -0.15) is 0 Å². The smallest absolute Gasteiger partial charge is 0.245 e. The minimum Gasteiger partial charge on any atom is -0.350 e. The van der Waals surface area contributed by atoms with Crippen LogP contribution >= 0.6 is 24.8 Å². The van der Waals surface area contributed by atoms with Crippen LogP contribution in [0.2, 0.25) is 0 Å². The number of likely N-dealkylation sites (N-methyl/N-ethyl adjacent to an activating group) is 1. The second kappa shape index (κ2) is 26.3. The quantitative estimate of drug-likeness (QED) is 0.113. The Morgan fingerprint density at radius 3 is 1.70 bits per heavy atom. The second-order valence-corrected chi connectivity index (χ2v) is 15.7. The van der Waals surface area contributed by atoms with E-state index in [2.05, 4.69) is 21.3 Å². The number of rotatable bonds is 22. The highest BCUT2D eigenvalue weighted by molar-refractivity contribution is 5.94. The summed E-state index contributed by atoms with van der Waals surface area (Å²) >= 11 is 0. The summed E-state index contributed by atoms with van der Waals surface area (Å²) in [6.07, 6.45) is 6.98. The van der Waals surface area contributed by atoms with Crippen LogP contribution in [-0.4, -0.2) is 95.5 Å². The van der Waals surface area contributed by atoms with Crippen molar-refractivity contribution in [1.29, 1.82) is 0 Å². The Labute approximate surface area is 365 Å². The molecule has 12 nitrogen and oxygen atoms in total. The minimum absolute atomic E-state index is 0. The molecular weight excluding hydrogens is 817 g/mol. The van der Waals surface area contributed by atoms with Crippen LogP contribution in [0.5, 0.6) is 0 Å². The molecule has 2 aliphatic rings. The number of halogens is 4. The maximum absolute atomic E-state index is 14.0. The van der Waals surface area contributed by atoms with Gasteiger partial charge in [0, 0.05) is 32.0 Å². The molecule has 2 aromatic carbocycles. The van der Waals surface area contributed by atoms with Crippen molar-refractivity contribution >= 4 is 60.1 Å². The van der Waals surface area contributed by atoms with Crippen molar-refractivity contribution in [2.75, 3.05) is 20.1 Å². The Kier molecular flexibility index (Phi) is 22.8. The van der Waals surface area contributed by atoms with Gasteiger partial charge in [-0.05, 0) is 101 Å². The van der Waals surface area contributed by atoms with Crippen LogP contribution in [0.25, 0.3) is 0 Å². The predicted octanol–water partition coefficient (Wildman–Crippen LogP) is 5.57. The first-order valence-corrected chi connectivity index (χ1v) is 21.0. The lowest BCUT2D eigenvalue weighted by Gasteiger charge is -2.30. The third kappa shape index (κ3) is 15.4. The van der Waals surface area contributed by atoms with E-state index in [1.807, 2.05) is 6.92 Å². The maximum atomic E-state index is 14.0. The van der Waals surface area contributed by atoms with Crippen molar-refractivity contribution in [2.24, 2.45) is 5.92 Å². The van der Waals surface area contributed by atoms with Crippen molar-refractivity contribution in [3.8, 4) is 0 Å². The minimum atomic E-state index is -0.820. The third-order valence-corrected chi connectivity index (χ3v) is 11.6. The van der Waals surface area contributed by atoms with Crippen LogP contribution in [0.4, 0.5) is 8.78 Å². The number of aryl methyl sites for hydroxylation is 1. The van der Waals surface area contributed by atoms with Gasteiger partial charge in [0.2, 0.25) is 29.5 Å². The van der Waals surface area contributed by atoms with E-state index in [-0.39, 0.29) is 90.7 Å². The summed E-state index contributed by atoms with van der Waals surface area (Å²) in [5.41, 5.74) is 1.58. The van der Waals surface area contributed by atoms with E-state index in [4.69, 9.17) is 0 Å². The maximum Gasteiger partial charge on any atom is 0.245 e. The van der Waals surface area contributed by atoms with Gasteiger partial charge in [0.1, 0.15) is 29.8 Å². The van der Waals surface area contributed by atoms with E-state index in [0.29, 0.717) is 90.1 Å². The van der Waals surface area contributed by atoms with Crippen molar-refractivity contribution in [3.05, 3.63) is 71.3 Å². The van der Waals surface area contributed by atoms with Gasteiger partial charge in [-0.3, -0.25) is 28.8 Å². The Morgan fingerprint density at radius 1 is 0.700 bits per heavy atom. The molecule has 0 radical (unpaired) electrons. The number of ketones is 1. The van der Waals surface area contributed by atoms with Gasteiger partial charge in [-0.1, -0.05) is 63.8 Å². The van der Waals surface area contributed by atoms with E-state index in [1.54, 1.807) is 55.0 Å². The van der Waals surface area contributed by atoms with E-state index >= 15 is 0 Å². The lowest BCUT2D eigenvalue weighted by molar-refractivity contribution is -0.142. The zero-order valence-corrected chi connectivity index (χ0v) is 36.9. The van der Waals surface area contributed by atoms with Crippen LogP contribution in [0.3, 0.4) is 0 Å². The number of carbonyl (C=O) groups excluding carboxylic acids is 6. The molecule has 0 saturated carbocycles. The molecule has 5 amide bonds. The average molecular weight is 882 g/mol. The number of amides is 5. The highest BCUT2D eigenvalue weighted by Crippen LogP contribution is 2.24. The number of benzene rings is 2. The van der Waals surface area contributed by atoms with Gasteiger partial charge in [-0.15, -0.1) is 24.8 Å². The molecule has 6 atom stereocenters. The third-order valence-electron chi connectivity index (χ3n) is 11.6. The first-order chi connectivity index (χ1) is 27.8. The predicted molar refractivity (Wildman–Crippen MR) is 231 cm³/mol. The van der Waals surface area contributed by atoms with Gasteiger partial charge in [0.25, 0.3) is 0 Å². The summed E-state index contributed by atoms with van der Waals surface area (Å²) in [6, 6.07) is 8.46. The standard InChI is InChI=1S/C44H62F2N6O6.2ClH/c1-5-29(2)40(54)49-35(44(58)52-27-11-15-38(52)42(56)48-28-32-18-23-34(46)24-19-32)12-8-6-7-9-13-36(50-41(55)30(3)47-4)43(57)51-26-10-14-37(51)39(53)25-20-31-16-21-33(45)22-17-31;;/h16-19,21-24,29-30,35-38,47H,5-15,20,25-28H2,1-4H3,(H,48,56)(H,49,54)(H,50,55);2*1H/t29-,30+,35+,36+,37+,38+;;/m1../s1. The number of nitrogens with one attached hydrogen (secondary N) is 4. The molecule has 16 heteroatoms. The molecule has 4 rings (SSSR count). The molecule has 60 heavy (non-hydrogen) atoms. The summed E-state index contributed by atoms with van der Waals surface area (Å²) in [5, 5.41) is 11.6. The molecule has 2 fully saturated rings. The lowest BCUT2D eigenvalue weighted by Crippen LogP contribution is -2.54. The van der Waals surface area contributed by atoms with Crippen LogP contribution in [0.1, 0.15) is 109 Å². The van der Waals surface area contributed by atoms with E-state index in [1.165, 1.54) is 24.3 Å². The zero-order chi connectivity index (χ0) is 42.2. The van der Waals surface area contributed by atoms with Crippen LogP contribution in [0.15, 0.2) is 48.5 Å². The van der Waals surface area contributed by atoms with Gasteiger partial charge < -0.3 is 31.1 Å². The number of unbranched alkanes of at least 4 members (excludes halogenated alkanes) is 3. The second-order valence-electron chi connectivity index (χ2n) is 15.7. The molecule has 0 aromatic heterocycles. The molecule has 0 unspecified atom stereocenters. The Morgan fingerprint density at radius 2 is 1.18 bits per heavy atom. The number of Topliss-reactive ketones (excluding diaryl/α,β-unsaturated/α-hetero) is 1. The van der Waals surface area contributed by atoms with E-state index < -0.39 is 30.2 Å². The van der Waals surface area contributed by atoms with Crippen molar-refractivity contribution in [2.45, 2.75) is 141 Å². The number of hydrogen-bond donors (Lipinski definition) is 4. The highest BCUT2D eigenvalue weighted by Gasteiger charge is 2.39. The molecule has 0 bridgehead atoms. The average Bonchev–Trinajstić information content (AvgIpc) is 3.93. The molecule has 2 aromatic rings. The fourth-order valence-corrected chi connectivity index (χ4v) is 7.56. The Bertz CT molecular complexity index is 1580. The molecule has 2 aliphatic heterocycles. The highest BCUT2D eigenvalue weighted by atomic mass is 35.5. The molecular formula is C44H64Cl2F2N6O6. The first kappa shape index (κ1) is 52.0. The summed E-state index contributed by atoms with van der Waals surface area (Å²) in [7, 11) is 1.66. The number of hydrogen-bond acceptors (Lipinski definition) is 7. The number of nitrogens with zero attached hydrogens (tertiary/aromatic N) is 2. The monoisotopic (exact) mass is 880 g/mol. The van der Waals surface area contributed by atoms with Gasteiger partial charge >= 0.3 is 0 Å². The molecule has 0 spiro atoms. The Balaban J connectivity index is 0.00000620. The Hall–Kier alpha value is -4.14. The van der Waals surface area contributed by atoms with Gasteiger partial charge in [0.05, 0.1) is 12.1 Å². The van der Waals surface area contributed by atoms with E-state index in [9.17, 15) is 37.5 Å². The summed E-state index contributed by atoms with van der Waals surface area (Å²) < 4.78 is 26.7. The molecule has 2 saturated heterocycles. The van der Waals surface area contributed by atoms with Gasteiger partial charge in [0.15, 0.2) is 5.78 Å². The summed E-state index contributed by atoms with van der Waals surface area (Å²) in [6.45, 7) is 6.43. The molecule has 2 heterocycles. The van der Waals surface area contributed by atoms with E-state index in [0.717, 1.165) is 11.1 Å². The SMILES string of the molecule is CC[C@@H](C)C(=O)N[C@@H](CCCCCC[C@H](NC(=O)[C@H](C)NC)C(=O)N1CCC[C@H]1C(=O)CCc1ccc(F)cc1)C(=O)N1CCC[C@H]1C(=O)NCc1ccc(F)cc1.Cl.Cl. The van der Waals surface area contributed by atoms with Crippen molar-refractivity contribution in [1.82, 2.24) is 31.1 Å². The summed E-state index contributed by atoms with van der Waals surface area (Å²) in [4.78, 5) is 83.7. The molecule has 0 aliphatic carbocycles. The van der Waals surface area contributed by atoms with Crippen molar-refractivity contribution in [3.63, 3.8) is 0 Å². The molecule has 334 valence electrons.